The van der Waals surface area contributed by atoms with Gasteiger partial charge < -0.3 is 9.64 Å². The number of fused-ring (bicyclic) bond motifs is 4. The van der Waals surface area contributed by atoms with Crippen LogP contribution >= 0.6 is 0 Å². The monoisotopic (exact) mass is 648 g/mol. The van der Waals surface area contributed by atoms with Gasteiger partial charge >= 0.3 is 0 Å². The fourth-order valence-electron chi connectivity index (χ4n) is 7.79. The summed E-state index contributed by atoms with van der Waals surface area (Å²) in [7, 11) is -3.59. The quantitative estimate of drug-likeness (QED) is 0.331. The molecule has 2 aliphatic heterocycles. The Morgan fingerprint density at radius 1 is 0.978 bits per heavy atom. The van der Waals surface area contributed by atoms with E-state index in [1.165, 1.54) is 22.3 Å². The van der Waals surface area contributed by atoms with Crippen LogP contribution in [0.3, 0.4) is 0 Å². The van der Waals surface area contributed by atoms with Crippen LogP contribution in [-0.2, 0) is 21.3 Å². The van der Waals surface area contributed by atoms with Crippen LogP contribution in [0.5, 0.6) is 0 Å². The third kappa shape index (κ3) is 8.02. The fourth-order valence-corrected chi connectivity index (χ4v) is 9.45. The Labute approximate surface area is 275 Å². The minimum absolute atomic E-state index is 0.0576. The van der Waals surface area contributed by atoms with Gasteiger partial charge in [-0.25, -0.2) is 8.42 Å². The van der Waals surface area contributed by atoms with Gasteiger partial charge in [0, 0.05) is 25.2 Å². The summed E-state index contributed by atoms with van der Waals surface area (Å²) in [6.07, 6.45) is 8.03. The number of benzene rings is 2. The summed E-state index contributed by atoms with van der Waals surface area (Å²) >= 11 is 0. The van der Waals surface area contributed by atoms with E-state index in [4.69, 9.17) is 9.84 Å². The van der Waals surface area contributed by atoms with Crippen molar-refractivity contribution in [2.45, 2.75) is 110 Å². The lowest BCUT2D eigenvalue weighted by atomic mass is 9.85. The van der Waals surface area contributed by atoms with Crippen LogP contribution in [0.1, 0.15) is 87.6 Å². The smallest absolute Gasteiger partial charge is 0.216 e. The molecule has 3 aliphatic rings. The number of nitrogens with zero attached hydrogens (tertiary/aromatic N) is 3. The molecule has 4 bridgehead atoms. The highest BCUT2D eigenvalue weighted by Gasteiger charge is 2.39. The number of hydrogen-bond donors (Lipinski definition) is 3. The zero-order chi connectivity index (χ0) is 32.5. The van der Waals surface area contributed by atoms with E-state index in [1.807, 2.05) is 16.9 Å². The molecule has 250 valence electrons. The van der Waals surface area contributed by atoms with Crippen molar-refractivity contribution >= 4 is 15.7 Å². The van der Waals surface area contributed by atoms with Gasteiger partial charge in [-0.2, -0.15) is 9.82 Å². The number of hydrogen-bond acceptors (Lipinski definition) is 7. The van der Waals surface area contributed by atoms with Crippen LogP contribution in [0, 0.1) is 25.2 Å². The van der Waals surface area contributed by atoms with E-state index in [1.54, 1.807) is 0 Å². The fraction of sp³-hybridized carbons (Fsp3) is 0.583. The second kappa shape index (κ2) is 13.8. The van der Waals surface area contributed by atoms with Gasteiger partial charge in [0.1, 0.15) is 12.5 Å². The van der Waals surface area contributed by atoms with E-state index in [2.05, 4.69) is 104 Å². The zero-order valence-corrected chi connectivity index (χ0v) is 28.9. The normalized spacial score (nSPS) is 28.9. The van der Waals surface area contributed by atoms with Crippen molar-refractivity contribution in [3.8, 4) is 0 Å². The molecule has 3 aromatic rings. The maximum absolute atomic E-state index is 13.9. The van der Waals surface area contributed by atoms with Crippen LogP contribution in [-0.4, -0.2) is 55.2 Å². The topological polar surface area (TPSA) is 101 Å². The Balaban J connectivity index is 1.35. The molecule has 3 N–H and O–H groups in total. The lowest BCUT2D eigenvalue weighted by Gasteiger charge is -2.41. The molecule has 2 aromatic carbocycles. The Morgan fingerprint density at radius 2 is 1.74 bits per heavy atom. The molecular weight excluding hydrogens is 597 g/mol. The predicted molar refractivity (Wildman–Crippen MR) is 184 cm³/mol. The molecule has 1 saturated carbocycles. The first-order valence-corrected chi connectivity index (χ1v) is 18.5. The first-order valence-electron chi connectivity index (χ1n) is 17.0. The van der Waals surface area contributed by atoms with Gasteiger partial charge in [0.15, 0.2) is 0 Å². The van der Waals surface area contributed by atoms with Gasteiger partial charge in [0.25, 0.3) is 0 Å². The SMILES string of the molecule is Cc1cccc(C)c1C1CC2NC(N1)NS(=O)(=O)C1CCCC(C1)CN(c1cnn(Cc3ccccc3)c1)[C@H](CC(C)(C)C)CO2. The van der Waals surface area contributed by atoms with E-state index in [0.717, 1.165) is 31.5 Å². The largest absolute Gasteiger partial charge is 0.363 e. The van der Waals surface area contributed by atoms with Crippen molar-refractivity contribution in [2.24, 2.45) is 11.3 Å². The molecule has 0 spiro atoms. The Hall–Kier alpha value is -2.76. The average Bonchev–Trinajstić information content (AvgIpc) is 3.45. The minimum Gasteiger partial charge on any atom is -0.363 e. The number of ether oxygens (including phenoxy) is 1. The molecule has 9 nitrogen and oxygen atoms in total. The van der Waals surface area contributed by atoms with Crippen molar-refractivity contribution < 1.29 is 13.2 Å². The molecule has 6 rings (SSSR count). The van der Waals surface area contributed by atoms with Crippen molar-refractivity contribution in [1.29, 1.82) is 0 Å². The van der Waals surface area contributed by atoms with Crippen LogP contribution in [0.15, 0.2) is 60.9 Å². The van der Waals surface area contributed by atoms with Crippen LogP contribution < -0.4 is 20.3 Å². The van der Waals surface area contributed by atoms with Gasteiger partial charge in [-0.05, 0) is 73.1 Å². The van der Waals surface area contributed by atoms with Crippen molar-refractivity contribution in [3.63, 3.8) is 0 Å². The Bertz CT molecular complexity index is 1550. The molecule has 6 atom stereocenters. The molecular formula is C36H52N6O3S. The first-order chi connectivity index (χ1) is 21.9. The molecule has 2 saturated heterocycles. The second-order valence-corrected chi connectivity index (χ2v) is 16.9. The standard InChI is InChI=1S/C36H52N6O3S/c1-25-11-9-12-26(2)34(25)32-18-33-39-35(38-32)40-46(43,44)31-16-10-15-28(17-31)22-42(29(24-45-33)19-36(3,4)5)30-20-37-41(23-30)21-27-13-7-6-8-14-27/h6-9,11-14,20,23,28-29,31-33,35,38-40H,10,15-19,21-22,24H2,1-5H3/t28?,29-,31?,32?,33?,35?/m1/s1. The molecule has 0 amide bonds. The summed E-state index contributed by atoms with van der Waals surface area (Å²) < 4.78 is 39.6. The van der Waals surface area contributed by atoms with Crippen molar-refractivity contribution in [2.75, 3.05) is 18.1 Å². The number of aryl methyl sites for hydroxylation is 2. The maximum Gasteiger partial charge on any atom is 0.216 e. The summed E-state index contributed by atoms with van der Waals surface area (Å²) in [5, 5.41) is 11.4. The predicted octanol–water partition coefficient (Wildman–Crippen LogP) is 5.60. The van der Waals surface area contributed by atoms with Gasteiger partial charge in [-0.3, -0.25) is 15.3 Å². The molecule has 3 heterocycles. The first kappa shape index (κ1) is 33.2. The maximum atomic E-state index is 13.9. The molecule has 10 heteroatoms. The van der Waals surface area contributed by atoms with Crippen LogP contribution in [0.4, 0.5) is 5.69 Å². The van der Waals surface area contributed by atoms with E-state index in [-0.39, 0.29) is 29.6 Å². The van der Waals surface area contributed by atoms with Crippen molar-refractivity contribution in [3.05, 3.63) is 83.2 Å². The summed E-state index contributed by atoms with van der Waals surface area (Å²) in [6.45, 7) is 13.1. The van der Waals surface area contributed by atoms with Gasteiger partial charge in [0.2, 0.25) is 10.0 Å². The molecule has 3 fully saturated rings. The number of rotatable bonds is 5. The third-order valence-corrected chi connectivity index (χ3v) is 11.8. The van der Waals surface area contributed by atoms with Crippen LogP contribution in [0.2, 0.25) is 0 Å². The number of sulfonamides is 1. The van der Waals surface area contributed by atoms with Crippen molar-refractivity contribution in [1.82, 2.24) is 25.1 Å². The summed E-state index contributed by atoms with van der Waals surface area (Å²) in [6, 6.07) is 16.8. The second-order valence-electron chi connectivity index (χ2n) is 15.0. The summed E-state index contributed by atoms with van der Waals surface area (Å²) in [4.78, 5) is 2.48. The summed E-state index contributed by atoms with van der Waals surface area (Å²) in [5.41, 5.74) is 5.92. The molecule has 1 aliphatic carbocycles. The highest BCUT2D eigenvalue weighted by atomic mass is 32.2. The lowest BCUT2D eigenvalue weighted by molar-refractivity contribution is -0.0260. The average molecular weight is 649 g/mol. The third-order valence-electron chi connectivity index (χ3n) is 9.89. The highest BCUT2D eigenvalue weighted by Crippen LogP contribution is 2.35. The summed E-state index contributed by atoms with van der Waals surface area (Å²) in [5.74, 6) is 0.249. The minimum atomic E-state index is -3.59. The lowest BCUT2D eigenvalue weighted by Crippen LogP contribution is -2.64. The zero-order valence-electron chi connectivity index (χ0n) is 28.1. The number of nitrogens with one attached hydrogen (secondary N) is 3. The Kier molecular flexibility index (Phi) is 9.92. The van der Waals surface area contributed by atoms with Gasteiger partial charge in [0.05, 0.1) is 36.3 Å². The van der Waals surface area contributed by atoms with E-state index < -0.39 is 21.6 Å². The van der Waals surface area contributed by atoms with E-state index >= 15 is 0 Å². The molecule has 5 unspecified atom stereocenters. The molecule has 46 heavy (non-hydrogen) atoms. The highest BCUT2D eigenvalue weighted by molar-refractivity contribution is 7.90. The van der Waals surface area contributed by atoms with E-state index in [0.29, 0.717) is 32.4 Å². The Morgan fingerprint density at radius 3 is 2.48 bits per heavy atom. The van der Waals surface area contributed by atoms with Crippen LogP contribution in [0.25, 0.3) is 0 Å². The van der Waals surface area contributed by atoms with E-state index in [9.17, 15) is 8.42 Å². The molecule has 1 aromatic heterocycles. The number of anilines is 1. The number of aromatic nitrogens is 2. The molecule has 0 radical (unpaired) electrons. The van der Waals surface area contributed by atoms with Gasteiger partial charge in [-0.15, -0.1) is 0 Å². The van der Waals surface area contributed by atoms with Gasteiger partial charge in [-0.1, -0.05) is 75.7 Å².